The van der Waals surface area contributed by atoms with Gasteiger partial charge in [0.25, 0.3) is 0 Å². The smallest absolute Gasteiger partial charge is 0.0198 e. The fraction of sp³-hybridized carbons (Fsp3) is 0.818. The van der Waals surface area contributed by atoms with Crippen LogP contribution in [0.3, 0.4) is 0 Å². The topological polar surface area (TPSA) is 6.48 Å². The van der Waals surface area contributed by atoms with Gasteiger partial charge in [-0.25, -0.2) is 0 Å². The Balaban J connectivity index is 2.25. The molecule has 1 aliphatic heterocycles. The number of rotatable bonds is 4. The zero-order chi connectivity index (χ0) is 10.6. The molecule has 0 saturated carbocycles. The Morgan fingerprint density at radius 2 is 2.00 bits per heavy atom. The van der Waals surface area contributed by atoms with E-state index in [1.54, 1.807) is 0 Å². The molecule has 0 N–H and O–H groups in total. The molecule has 1 saturated heterocycles. The molecular weight excluding hydrogens is 192 g/mol. The number of thiol groups is 1. The van der Waals surface area contributed by atoms with Crippen LogP contribution in [0.2, 0.25) is 0 Å². The molecule has 1 fully saturated rings. The van der Waals surface area contributed by atoms with Gasteiger partial charge in [-0.1, -0.05) is 12.2 Å². The molecule has 0 unspecified atom stereocenters. The predicted octanol–water partition coefficient (Wildman–Crippen LogP) is 1.50. The third-order valence-electron chi connectivity index (χ3n) is 2.96. The molecule has 0 aromatic heterocycles. The lowest BCUT2D eigenvalue weighted by atomic mass is 10.0. The van der Waals surface area contributed by atoms with Crippen LogP contribution in [0, 0.1) is 0 Å². The second kappa shape index (κ2) is 5.79. The van der Waals surface area contributed by atoms with E-state index >= 15 is 0 Å². The molecule has 0 spiro atoms. The van der Waals surface area contributed by atoms with Gasteiger partial charge in [0.05, 0.1) is 0 Å². The van der Waals surface area contributed by atoms with Crippen molar-refractivity contribution in [1.82, 2.24) is 9.80 Å². The standard InChI is InChI=1S/C11H22N2S/c1-10(9-14)8-13-6-4-11(5-7-13)12(2)3/h11,14H,1,4-9H2,2-3H3. The van der Waals surface area contributed by atoms with E-state index in [0.29, 0.717) is 0 Å². The van der Waals surface area contributed by atoms with Crippen molar-refractivity contribution in [1.29, 1.82) is 0 Å². The summed E-state index contributed by atoms with van der Waals surface area (Å²) in [5.74, 6) is 0.813. The highest BCUT2D eigenvalue weighted by atomic mass is 32.1. The monoisotopic (exact) mass is 214 g/mol. The van der Waals surface area contributed by atoms with Crippen molar-refractivity contribution in [3.05, 3.63) is 12.2 Å². The van der Waals surface area contributed by atoms with E-state index in [2.05, 4.69) is 43.1 Å². The van der Waals surface area contributed by atoms with Crippen LogP contribution in [0.25, 0.3) is 0 Å². The second-order valence-corrected chi connectivity index (χ2v) is 4.70. The van der Waals surface area contributed by atoms with Crippen molar-refractivity contribution in [3.8, 4) is 0 Å². The molecule has 14 heavy (non-hydrogen) atoms. The Kier molecular flexibility index (Phi) is 4.99. The first-order chi connectivity index (χ1) is 6.63. The van der Waals surface area contributed by atoms with Gasteiger partial charge in [0.2, 0.25) is 0 Å². The minimum Gasteiger partial charge on any atom is -0.306 e. The highest BCUT2D eigenvalue weighted by Crippen LogP contribution is 2.14. The van der Waals surface area contributed by atoms with E-state index in [0.717, 1.165) is 18.3 Å². The third-order valence-corrected chi connectivity index (χ3v) is 3.41. The van der Waals surface area contributed by atoms with Gasteiger partial charge < -0.3 is 4.90 Å². The van der Waals surface area contributed by atoms with Crippen LogP contribution >= 0.6 is 12.6 Å². The van der Waals surface area contributed by atoms with E-state index in [1.165, 1.54) is 31.5 Å². The minimum absolute atomic E-state index is 0.774. The lowest BCUT2D eigenvalue weighted by Crippen LogP contribution is -2.42. The van der Waals surface area contributed by atoms with E-state index < -0.39 is 0 Å². The molecule has 1 rings (SSSR count). The number of hydrogen-bond acceptors (Lipinski definition) is 3. The molecule has 0 aliphatic carbocycles. The quantitative estimate of drug-likeness (QED) is 0.560. The maximum Gasteiger partial charge on any atom is 0.0198 e. The van der Waals surface area contributed by atoms with Crippen molar-refractivity contribution >= 4 is 12.6 Å². The molecule has 0 bridgehead atoms. The Bertz CT molecular complexity index is 184. The van der Waals surface area contributed by atoms with Gasteiger partial charge in [0.15, 0.2) is 0 Å². The van der Waals surface area contributed by atoms with Crippen molar-refractivity contribution in [2.24, 2.45) is 0 Å². The molecule has 3 heteroatoms. The summed E-state index contributed by atoms with van der Waals surface area (Å²) in [4.78, 5) is 4.82. The summed E-state index contributed by atoms with van der Waals surface area (Å²) in [6.45, 7) is 7.43. The van der Waals surface area contributed by atoms with Crippen LogP contribution in [-0.4, -0.2) is 55.3 Å². The molecule has 2 nitrogen and oxygen atoms in total. The van der Waals surface area contributed by atoms with E-state index in [1.807, 2.05) is 0 Å². The van der Waals surface area contributed by atoms with Crippen LogP contribution < -0.4 is 0 Å². The van der Waals surface area contributed by atoms with Gasteiger partial charge in [0.1, 0.15) is 0 Å². The zero-order valence-electron chi connectivity index (χ0n) is 9.37. The van der Waals surface area contributed by atoms with Gasteiger partial charge in [0, 0.05) is 18.3 Å². The van der Waals surface area contributed by atoms with Crippen LogP contribution in [0.4, 0.5) is 0 Å². The summed E-state index contributed by atoms with van der Waals surface area (Å²) in [7, 11) is 4.35. The first-order valence-corrected chi connectivity index (χ1v) is 5.93. The van der Waals surface area contributed by atoms with E-state index in [4.69, 9.17) is 0 Å². The molecule has 0 amide bonds. The van der Waals surface area contributed by atoms with Gasteiger partial charge in [-0.3, -0.25) is 4.90 Å². The van der Waals surface area contributed by atoms with Crippen molar-refractivity contribution in [2.45, 2.75) is 18.9 Å². The normalized spacial score (nSPS) is 20.3. The zero-order valence-corrected chi connectivity index (χ0v) is 10.3. The van der Waals surface area contributed by atoms with Gasteiger partial charge in [-0.05, 0) is 40.0 Å². The van der Waals surface area contributed by atoms with Crippen LogP contribution in [0.5, 0.6) is 0 Å². The number of likely N-dealkylation sites (tertiary alicyclic amines) is 1. The second-order valence-electron chi connectivity index (χ2n) is 4.38. The van der Waals surface area contributed by atoms with Gasteiger partial charge in [-0.2, -0.15) is 12.6 Å². The average molecular weight is 214 g/mol. The maximum absolute atomic E-state index is 4.23. The van der Waals surface area contributed by atoms with E-state index in [9.17, 15) is 0 Å². The summed E-state index contributed by atoms with van der Waals surface area (Å²) in [5, 5.41) is 0. The summed E-state index contributed by atoms with van der Waals surface area (Å²) in [6.07, 6.45) is 2.57. The Morgan fingerprint density at radius 3 is 2.43 bits per heavy atom. The van der Waals surface area contributed by atoms with Gasteiger partial charge in [-0.15, -0.1) is 0 Å². The average Bonchev–Trinajstić information content (AvgIpc) is 2.18. The van der Waals surface area contributed by atoms with E-state index in [-0.39, 0.29) is 0 Å². The Morgan fingerprint density at radius 1 is 1.43 bits per heavy atom. The molecule has 1 heterocycles. The third kappa shape index (κ3) is 3.64. The molecule has 0 aromatic carbocycles. The predicted molar refractivity (Wildman–Crippen MR) is 66.1 cm³/mol. The molecular formula is C11H22N2S. The highest BCUT2D eigenvalue weighted by molar-refractivity contribution is 7.80. The molecule has 0 aromatic rings. The minimum atomic E-state index is 0.774. The fourth-order valence-corrected chi connectivity index (χ4v) is 2.06. The first kappa shape index (κ1) is 12.1. The Hall–Kier alpha value is 0.01000. The van der Waals surface area contributed by atoms with Crippen molar-refractivity contribution in [3.63, 3.8) is 0 Å². The van der Waals surface area contributed by atoms with Crippen LogP contribution in [-0.2, 0) is 0 Å². The van der Waals surface area contributed by atoms with Crippen LogP contribution in [0.15, 0.2) is 12.2 Å². The Labute approximate surface area is 93.4 Å². The van der Waals surface area contributed by atoms with Gasteiger partial charge >= 0.3 is 0 Å². The summed E-state index contributed by atoms with van der Waals surface area (Å²) in [6, 6.07) is 0.774. The number of piperidine rings is 1. The maximum atomic E-state index is 4.23. The summed E-state index contributed by atoms with van der Waals surface area (Å²) < 4.78 is 0. The molecule has 0 radical (unpaired) electrons. The van der Waals surface area contributed by atoms with Crippen molar-refractivity contribution in [2.75, 3.05) is 39.5 Å². The summed E-state index contributed by atoms with van der Waals surface area (Å²) >= 11 is 4.23. The largest absolute Gasteiger partial charge is 0.306 e. The summed E-state index contributed by atoms with van der Waals surface area (Å²) in [5.41, 5.74) is 1.23. The highest BCUT2D eigenvalue weighted by Gasteiger charge is 2.20. The first-order valence-electron chi connectivity index (χ1n) is 5.29. The van der Waals surface area contributed by atoms with Crippen LogP contribution in [0.1, 0.15) is 12.8 Å². The molecule has 82 valence electrons. The number of nitrogens with zero attached hydrogens (tertiary/aromatic N) is 2. The SMILES string of the molecule is C=C(CS)CN1CCC(N(C)C)CC1. The number of hydrogen-bond donors (Lipinski definition) is 1. The lowest BCUT2D eigenvalue weighted by Gasteiger charge is -2.35. The van der Waals surface area contributed by atoms with Crippen molar-refractivity contribution < 1.29 is 0 Å². The fourth-order valence-electron chi connectivity index (χ4n) is 1.96. The lowest BCUT2D eigenvalue weighted by molar-refractivity contribution is 0.153. The molecule has 1 aliphatic rings. The molecule has 0 atom stereocenters.